The highest BCUT2D eigenvalue weighted by Gasteiger charge is 2.41. The fourth-order valence-corrected chi connectivity index (χ4v) is 4.98. The quantitative estimate of drug-likeness (QED) is 0.461. The molecule has 2 amide bonds. The molecule has 1 N–H and O–H groups in total. The lowest BCUT2D eigenvalue weighted by Gasteiger charge is -2.35. The molecular formula is C29H32N2O7. The molecule has 0 unspecified atom stereocenters. The van der Waals surface area contributed by atoms with Gasteiger partial charge in [-0.2, -0.15) is 0 Å². The molecule has 1 fully saturated rings. The van der Waals surface area contributed by atoms with Gasteiger partial charge < -0.3 is 28.7 Å². The van der Waals surface area contributed by atoms with Crippen molar-refractivity contribution < 1.29 is 33.0 Å². The van der Waals surface area contributed by atoms with E-state index in [2.05, 4.69) is 5.32 Å². The minimum atomic E-state index is -1.10. The van der Waals surface area contributed by atoms with E-state index in [1.807, 2.05) is 12.1 Å². The summed E-state index contributed by atoms with van der Waals surface area (Å²) < 4.78 is 28.6. The molecule has 2 aliphatic rings. The van der Waals surface area contributed by atoms with Gasteiger partial charge in [0.15, 0.2) is 17.5 Å². The molecule has 200 valence electrons. The second-order valence-electron chi connectivity index (χ2n) is 9.40. The molecule has 38 heavy (non-hydrogen) atoms. The largest absolute Gasteiger partial charge is 0.497 e. The molecule has 1 aliphatic heterocycles. The van der Waals surface area contributed by atoms with Gasteiger partial charge in [0.1, 0.15) is 23.9 Å². The summed E-state index contributed by atoms with van der Waals surface area (Å²) in [6, 6.07) is 14.6. The summed E-state index contributed by atoms with van der Waals surface area (Å²) in [5, 5.41) is 3.16. The van der Waals surface area contributed by atoms with Crippen LogP contribution in [0.1, 0.15) is 43.9 Å². The molecular weight excluding hydrogens is 488 g/mol. The second-order valence-corrected chi connectivity index (χ2v) is 9.40. The Morgan fingerprint density at radius 2 is 1.66 bits per heavy atom. The number of nitrogens with one attached hydrogen (secondary N) is 1. The molecule has 0 saturated heterocycles. The number of benzene rings is 2. The van der Waals surface area contributed by atoms with Crippen molar-refractivity contribution in [2.75, 3.05) is 25.7 Å². The fraction of sp³-hybridized carbons (Fsp3) is 0.379. The maximum Gasteiger partial charge on any atom is 0.272 e. The maximum absolute atomic E-state index is 14.3. The number of hydrogen-bond donors (Lipinski definition) is 1. The Labute approximate surface area is 221 Å². The number of ether oxygens (including phenoxy) is 4. The third-order valence-electron chi connectivity index (χ3n) is 6.91. The average Bonchev–Trinajstić information content (AvgIpc) is 3.49. The SMILES string of the molecule is COc1cc(OC)cc(N(C(=O)[C@@H]2COc3ccccc3O2)[C@H](C(=O)NC2CCCCC2)c2ccco2)c1. The van der Waals surface area contributed by atoms with Crippen LogP contribution in [-0.2, 0) is 9.59 Å². The standard InChI is InChI=1S/C29H32N2O7/c1-34-21-15-20(16-22(17-21)35-2)31(29(33)26-18-37-23-11-6-7-12-24(23)38-26)27(25-13-8-14-36-25)28(32)30-19-9-4-3-5-10-19/h6-8,11-17,19,26-27H,3-5,9-10,18H2,1-2H3,(H,30,32)/t26-,27-/m0/s1. The highest BCUT2D eigenvalue weighted by molar-refractivity contribution is 6.03. The molecule has 3 aromatic rings. The number of furan rings is 1. The van der Waals surface area contributed by atoms with Gasteiger partial charge >= 0.3 is 0 Å². The summed E-state index contributed by atoms with van der Waals surface area (Å²) in [7, 11) is 3.05. The molecule has 2 atom stereocenters. The number of methoxy groups -OCH3 is 2. The lowest BCUT2D eigenvalue weighted by Crippen LogP contribution is -2.52. The predicted octanol–water partition coefficient (Wildman–Crippen LogP) is 4.66. The van der Waals surface area contributed by atoms with Crippen LogP contribution < -0.4 is 29.2 Å². The van der Waals surface area contributed by atoms with Crippen molar-refractivity contribution in [1.82, 2.24) is 5.32 Å². The zero-order valence-electron chi connectivity index (χ0n) is 21.6. The molecule has 2 aromatic carbocycles. The Kier molecular flexibility index (Phi) is 7.72. The van der Waals surface area contributed by atoms with Gasteiger partial charge in [-0.15, -0.1) is 0 Å². The van der Waals surface area contributed by atoms with Crippen LogP contribution in [0, 0.1) is 0 Å². The number of carbonyl (C=O) groups excluding carboxylic acids is 2. The number of amides is 2. The van der Waals surface area contributed by atoms with Gasteiger partial charge in [-0.25, -0.2) is 0 Å². The highest BCUT2D eigenvalue weighted by Crippen LogP contribution is 2.37. The predicted molar refractivity (Wildman–Crippen MR) is 140 cm³/mol. The Bertz CT molecular complexity index is 1230. The number of fused-ring (bicyclic) bond motifs is 1. The minimum absolute atomic E-state index is 0.0113. The number of anilines is 1. The molecule has 2 heterocycles. The van der Waals surface area contributed by atoms with Crippen LogP contribution in [0.15, 0.2) is 65.3 Å². The summed E-state index contributed by atoms with van der Waals surface area (Å²) in [5.41, 5.74) is 0.397. The summed E-state index contributed by atoms with van der Waals surface area (Å²) in [6.07, 6.45) is 5.55. The zero-order valence-corrected chi connectivity index (χ0v) is 21.6. The third-order valence-corrected chi connectivity index (χ3v) is 6.91. The Balaban J connectivity index is 1.56. The van der Waals surface area contributed by atoms with Crippen LogP contribution in [0.3, 0.4) is 0 Å². The third kappa shape index (κ3) is 5.41. The van der Waals surface area contributed by atoms with E-state index in [1.54, 1.807) is 42.5 Å². The van der Waals surface area contributed by atoms with E-state index in [-0.39, 0.29) is 18.6 Å². The van der Waals surface area contributed by atoms with Crippen LogP contribution >= 0.6 is 0 Å². The van der Waals surface area contributed by atoms with Gasteiger partial charge in [0, 0.05) is 24.2 Å². The minimum Gasteiger partial charge on any atom is -0.497 e. The topological polar surface area (TPSA) is 99.5 Å². The Morgan fingerprint density at radius 1 is 0.947 bits per heavy atom. The Hall–Kier alpha value is -4.14. The zero-order chi connectivity index (χ0) is 26.5. The van der Waals surface area contributed by atoms with Gasteiger partial charge in [-0.3, -0.25) is 14.5 Å². The van der Waals surface area contributed by atoms with Gasteiger partial charge in [-0.1, -0.05) is 31.4 Å². The Morgan fingerprint density at radius 3 is 2.32 bits per heavy atom. The number of carbonyl (C=O) groups is 2. The summed E-state index contributed by atoms with van der Waals surface area (Å²) >= 11 is 0. The van der Waals surface area contributed by atoms with E-state index >= 15 is 0 Å². The normalized spacial score (nSPS) is 17.8. The first kappa shape index (κ1) is 25.5. The molecule has 1 saturated carbocycles. The van der Waals surface area contributed by atoms with Gasteiger partial charge in [-0.05, 0) is 37.1 Å². The van der Waals surface area contributed by atoms with Gasteiger partial charge in [0.25, 0.3) is 11.8 Å². The van der Waals surface area contributed by atoms with Gasteiger partial charge in [0.2, 0.25) is 6.10 Å². The smallest absolute Gasteiger partial charge is 0.272 e. The van der Waals surface area contributed by atoms with Crippen LogP contribution in [0.5, 0.6) is 23.0 Å². The van der Waals surface area contributed by atoms with Crippen molar-refractivity contribution in [3.05, 3.63) is 66.6 Å². The van der Waals surface area contributed by atoms with Crippen molar-refractivity contribution in [1.29, 1.82) is 0 Å². The van der Waals surface area contributed by atoms with Crippen molar-refractivity contribution in [2.24, 2.45) is 0 Å². The summed E-state index contributed by atoms with van der Waals surface area (Å²) in [4.78, 5) is 29.6. The monoisotopic (exact) mass is 520 g/mol. The first-order valence-corrected chi connectivity index (χ1v) is 12.9. The second kappa shape index (κ2) is 11.5. The lowest BCUT2D eigenvalue weighted by atomic mass is 9.95. The number of nitrogens with zero attached hydrogens (tertiary/aromatic N) is 1. The van der Waals surface area contributed by atoms with E-state index in [4.69, 9.17) is 23.4 Å². The molecule has 1 aliphatic carbocycles. The molecule has 5 rings (SSSR count). The maximum atomic E-state index is 14.3. The van der Waals surface area contributed by atoms with E-state index < -0.39 is 18.1 Å². The van der Waals surface area contributed by atoms with E-state index in [0.29, 0.717) is 34.4 Å². The van der Waals surface area contributed by atoms with Crippen LogP contribution in [0.2, 0.25) is 0 Å². The van der Waals surface area contributed by atoms with E-state index in [0.717, 1.165) is 32.1 Å². The van der Waals surface area contributed by atoms with E-state index in [1.165, 1.54) is 25.4 Å². The molecule has 1 aromatic heterocycles. The number of rotatable bonds is 8. The van der Waals surface area contributed by atoms with Crippen molar-refractivity contribution >= 4 is 17.5 Å². The first-order valence-electron chi connectivity index (χ1n) is 12.9. The van der Waals surface area contributed by atoms with Crippen molar-refractivity contribution in [3.8, 4) is 23.0 Å². The molecule has 9 nitrogen and oxygen atoms in total. The van der Waals surface area contributed by atoms with Crippen LogP contribution in [0.25, 0.3) is 0 Å². The first-order chi connectivity index (χ1) is 18.6. The van der Waals surface area contributed by atoms with Gasteiger partial charge in [0.05, 0.1) is 26.2 Å². The highest BCUT2D eigenvalue weighted by atomic mass is 16.6. The number of para-hydroxylation sites is 2. The van der Waals surface area contributed by atoms with Crippen molar-refractivity contribution in [3.63, 3.8) is 0 Å². The average molecular weight is 521 g/mol. The van der Waals surface area contributed by atoms with Crippen molar-refractivity contribution in [2.45, 2.75) is 50.3 Å². The van der Waals surface area contributed by atoms with E-state index in [9.17, 15) is 9.59 Å². The number of hydrogen-bond acceptors (Lipinski definition) is 7. The summed E-state index contributed by atoms with van der Waals surface area (Å²) in [5.74, 6) is 1.48. The fourth-order valence-electron chi connectivity index (χ4n) is 4.98. The molecule has 9 heteroatoms. The van der Waals surface area contributed by atoms with Crippen LogP contribution in [0.4, 0.5) is 5.69 Å². The molecule has 0 bridgehead atoms. The lowest BCUT2D eigenvalue weighted by molar-refractivity contribution is -0.132. The van der Waals surface area contributed by atoms with Crippen LogP contribution in [-0.4, -0.2) is 44.8 Å². The summed E-state index contributed by atoms with van der Waals surface area (Å²) in [6.45, 7) is -0.0113. The molecule has 0 radical (unpaired) electrons. The molecule has 0 spiro atoms.